The zero-order chi connectivity index (χ0) is 14.0. The number of aryl methyl sites for hydroxylation is 3. The van der Waals surface area contributed by atoms with Gasteiger partial charge in [-0.2, -0.15) is 0 Å². The number of nitrogens with one attached hydrogen (secondary N) is 1. The Morgan fingerprint density at radius 3 is 2.79 bits per heavy atom. The average molecular weight is 278 g/mol. The Bertz CT molecular complexity index is 568. The van der Waals surface area contributed by atoms with Crippen LogP contribution in [0, 0.1) is 13.8 Å². The summed E-state index contributed by atoms with van der Waals surface area (Å²) in [6.07, 6.45) is 0.759. The number of imidazole rings is 1. The Hall–Kier alpha value is -1.49. The number of hydrogen-bond donors (Lipinski definition) is 2. The van der Waals surface area contributed by atoms with E-state index in [0.29, 0.717) is 0 Å². The van der Waals surface area contributed by atoms with Crippen molar-refractivity contribution in [3.05, 3.63) is 29.1 Å². The zero-order valence-corrected chi connectivity index (χ0v) is 12.2. The molecule has 1 aromatic carbocycles. The number of carboxylic acids is 1. The second-order valence-electron chi connectivity index (χ2n) is 4.74. The second kappa shape index (κ2) is 5.65. The fourth-order valence-electron chi connectivity index (χ4n) is 1.84. The molecule has 0 bridgehead atoms. The molecule has 2 N–H and O–H groups in total. The van der Waals surface area contributed by atoms with E-state index in [4.69, 9.17) is 5.11 Å². The van der Waals surface area contributed by atoms with Crippen molar-refractivity contribution in [1.82, 2.24) is 9.97 Å². The summed E-state index contributed by atoms with van der Waals surface area (Å²) in [4.78, 5) is 18.5. The number of rotatable bonds is 5. The maximum absolute atomic E-state index is 10.7. The standard InChI is InChI=1S/C14H18N2O2S/c1-8-6-11-12(7-9(8)2)16-13(15-11)4-5-19-10(3)14(17)18/h6-7,10H,4-5H2,1-3H3,(H,15,16)(H,17,18). The van der Waals surface area contributed by atoms with Gasteiger partial charge in [0.05, 0.1) is 16.3 Å². The molecule has 0 aliphatic rings. The van der Waals surface area contributed by atoms with Gasteiger partial charge in [0.1, 0.15) is 5.82 Å². The van der Waals surface area contributed by atoms with Crippen LogP contribution < -0.4 is 0 Å². The van der Waals surface area contributed by atoms with Gasteiger partial charge in [0.15, 0.2) is 0 Å². The number of aromatic nitrogens is 2. The molecule has 2 rings (SSSR count). The fraction of sp³-hybridized carbons (Fsp3) is 0.429. The number of aromatic amines is 1. The molecule has 1 heterocycles. The highest BCUT2D eigenvalue weighted by Crippen LogP contribution is 2.18. The van der Waals surface area contributed by atoms with Crippen molar-refractivity contribution in [3.8, 4) is 0 Å². The van der Waals surface area contributed by atoms with E-state index >= 15 is 0 Å². The molecule has 0 saturated heterocycles. The number of hydrogen-bond acceptors (Lipinski definition) is 3. The van der Waals surface area contributed by atoms with Crippen LogP contribution in [0.1, 0.15) is 23.9 Å². The van der Waals surface area contributed by atoms with Crippen molar-refractivity contribution in [2.75, 3.05) is 5.75 Å². The van der Waals surface area contributed by atoms with E-state index in [9.17, 15) is 4.79 Å². The van der Waals surface area contributed by atoms with Crippen molar-refractivity contribution in [3.63, 3.8) is 0 Å². The summed E-state index contributed by atoms with van der Waals surface area (Å²) in [7, 11) is 0. The molecule has 1 aromatic heterocycles. The molecule has 2 aromatic rings. The number of thioether (sulfide) groups is 1. The quantitative estimate of drug-likeness (QED) is 0.882. The molecule has 5 heteroatoms. The molecular formula is C14H18N2O2S. The van der Waals surface area contributed by atoms with Gasteiger partial charge in [-0.25, -0.2) is 4.98 Å². The van der Waals surface area contributed by atoms with E-state index < -0.39 is 5.97 Å². The number of benzene rings is 1. The second-order valence-corrected chi connectivity index (χ2v) is 6.19. The summed E-state index contributed by atoms with van der Waals surface area (Å²) >= 11 is 1.44. The predicted molar refractivity (Wildman–Crippen MR) is 78.8 cm³/mol. The molecule has 0 saturated carbocycles. The normalized spacial score (nSPS) is 12.8. The molecule has 19 heavy (non-hydrogen) atoms. The van der Waals surface area contributed by atoms with Crippen LogP contribution in [0.5, 0.6) is 0 Å². The van der Waals surface area contributed by atoms with E-state index in [-0.39, 0.29) is 5.25 Å². The third-order valence-electron chi connectivity index (χ3n) is 3.20. The highest BCUT2D eigenvalue weighted by atomic mass is 32.2. The molecule has 0 fully saturated rings. The molecule has 0 radical (unpaired) electrons. The molecule has 0 spiro atoms. The van der Waals surface area contributed by atoms with Crippen LogP contribution in [0.2, 0.25) is 0 Å². The van der Waals surface area contributed by atoms with Gasteiger partial charge >= 0.3 is 5.97 Å². The van der Waals surface area contributed by atoms with Gasteiger partial charge in [0.2, 0.25) is 0 Å². The average Bonchev–Trinajstić information content (AvgIpc) is 2.71. The predicted octanol–water partition coefficient (Wildman–Crippen LogP) is 2.93. The summed E-state index contributed by atoms with van der Waals surface area (Å²) in [5, 5.41) is 8.44. The molecule has 0 amide bonds. The first-order valence-electron chi connectivity index (χ1n) is 6.27. The number of aliphatic carboxylic acids is 1. The highest BCUT2D eigenvalue weighted by Gasteiger charge is 2.11. The number of carbonyl (C=O) groups is 1. The van der Waals surface area contributed by atoms with Gasteiger partial charge in [-0.1, -0.05) is 0 Å². The highest BCUT2D eigenvalue weighted by molar-refractivity contribution is 8.00. The lowest BCUT2D eigenvalue weighted by Gasteiger charge is -2.03. The first-order chi connectivity index (χ1) is 8.97. The minimum absolute atomic E-state index is 0.367. The molecular weight excluding hydrogens is 260 g/mol. The zero-order valence-electron chi connectivity index (χ0n) is 11.4. The maximum atomic E-state index is 10.7. The van der Waals surface area contributed by atoms with Crippen LogP contribution in [0.3, 0.4) is 0 Å². The molecule has 102 valence electrons. The SMILES string of the molecule is Cc1cc2nc(CCSC(C)C(=O)O)[nH]c2cc1C. The van der Waals surface area contributed by atoms with E-state index in [1.54, 1.807) is 6.92 Å². The third-order valence-corrected chi connectivity index (χ3v) is 4.34. The number of fused-ring (bicyclic) bond motifs is 1. The van der Waals surface area contributed by atoms with Gasteiger partial charge in [-0.15, -0.1) is 11.8 Å². The van der Waals surface area contributed by atoms with Crippen LogP contribution >= 0.6 is 11.8 Å². The lowest BCUT2D eigenvalue weighted by atomic mass is 10.1. The summed E-state index contributed by atoms with van der Waals surface area (Å²) in [5.41, 5.74) is 4.51. The molecule has 1 atom stereocenters. The largest absolute Gasteiger partial charge is 0.480 e. The minimum atomic E-state index is -0.763. The van der Waals surface area contributed by atoms with Gasteiger partial charge in [0, 0.05) is 12.2 Å². The molecule has 0 aliphatic heterocycles. The van der Waals surface area contributed by atoms with E-state index in [1.807, 2.05) is 0 Å². The van der Waals surface area contributed by atoms with Crippen molar-refractivity contribution in [1.29, 1.82) is 0 Å². The summed E-state index contributed by atoms with van der Waals surface area (Å²) in [6, 6.07) is 4.19. The van der Waals surface area contributed by atoms with E-state index in [1.165, 1.54) is 22.9 Å². The summed E-state index contributed by atoms with van der Waals surface area (Å²) in [5.74, 6) is 0.913. The van der Waals surface area contributed by atoms with Crippen LogP contribution in [0.4, 0.5) is 0 Å². The van der Waals surface area contributed by atoms with Crippen LogP contribution in [-0.2, 0) is 11.2 Å². The molecule has 0 aliphatic carbocycles. The Balaban J connectivity index is 2.04. The van der Waals surface area contributed by atoms with Gasteiger partial charge < -0.3 is 10.1 Å². The Morgan fingerprint density at radius 1 is 1.42 bits per heavy atom. The first kappa shape index (κ1) is 13.9. The number of carboxylic acid groups (broad SMARTS) is 1. The smallest absolute Gasteiger partial charge is 0.316 e. The lowest BCUT2D eigenvalue weighted by Crippen LogP contribution is -2.12. The van der Waals surface area contributed by atoms with Crippen molar-refractivity contribution in [2.45, 2.75) is 32.4 Å². The van der Waals surface area contributed by atoms with Crippen molar-refractivity contribution < 1.29 is 9.90 Å². The fourth-order valence-corrected chi connectivity index (χ4v) is 2.65. The van der Waals surface area contributed by atoms with Crippen LogP contribution in [0.15, 0.2) is 12.1 Å². The summed E-state index contributed by atoms with van der Waals surface area (Å²) in [6.45, 7) is 5.87. The first-order valence-corrected chi connectivity index (χ1v) is 7.32. The lowest BCUT2D eigenvalue weighted by molar-refractivity contribution is -0.136. The maximum Gasteiger partial charge on any atom is 0.316 e. The van der Waals surface area contributed by atoms with Gasteiger partial charge in [-0.3, -0.25) is 4.79 Å². The monoisotopic (exact) mass is 278 g/mol. The Kier molecular flexibility index (Phi) is 4.14. The van der Waals surface area contributed by atoms with Crippen molar-refractivity contribution in [2.24, 2.45) is 0 Å². The van der Waals surface area contributed by atoms with E-state index in [2.05, 4.69) is 35.9 Å². The van der Waals surface area contributed by atoms with Crippen molar-refractivity contribution >= 4 is 28.8 Å². The topological polar surface area (TPSA) is 66.0 Å². The van der Waals surface area contributed by atoms with E-state index in [0.717, 1.165) is 29.0 Å². The molecule has 1 unspecified atom stereocenters. The summed E-state index contributed by atoms with van der Waals surface area (Å²) < 4.78 is 0. The minimum Gasteiger partial charge on any atom is -0.480 e. The van der Waals surface area contributed by atoms with Gasteiger partial charge in [0.25, 0.3) is 0 Å². The third kappa shape index (κ3) is 3.29. The molecule has 4 nitrogen and oxygen atoms in total. The van der Waals surface area contributed by atoms with Crippen LogP contribution in [0.25, 0.3) is 11.0 Å². The number of nitrogens with zero attached hydrogens (tertiary/aromatic N) is 1. The van der Waals surface area contributed by atoms with Crippen LogP contribution in [-0.4, -0.2) is 32.0 Å². The Labute approximate surface area is 116 Å². The number of H-pyrrole nitrogens is 1. The van der Waals surface area contributed by atoms with Gasteiger partial charge in [-0.05, 0) is 44.0 Å². The Morgan fingerprint density at radius 2 is 2.11 bits per heavy atom.